The van der Waals surface area contributed by atoms with Gasteiger partial charge in [-0.2, -0.15) is 0 Å². The van der Waals surface area contributed by atoms with Gasteiger partial charge in [-0.05, 0) is 49.3 Å². The lowest BCUT2D eigenvalue weighted by Crippen LogP contribution is -2.48. The molecule has 0 spiro atoms. The molecule has 0 aromatic heterocycles. The first-order chi connectivity index (χ1) is 9.52. The molecule has 3 rings (SSSR count). The summed E-state index contributed by atoms with van der Waals surface area (Å²) in [5.41, 5.74) is 1.08. The normalized spacial score (nSPS) is 29.9. The van der Waals surface area contributed by atoms with Crippen LogP contribution in [0.1, 0.15) is 37.2 Å². The van der Waals surface area contributed by atoms with E-state index in [2.05, 4.69) is 5.32 Å². The number of nitrogens with one attached hydrogen (secondary N) is 1. The van der Waals surface area contributed by atoms with Crippen LogP contribution < -0.4 is 5.32 Å². The van der Waals surface area contributed by atoms with E-state index in [-0.39, 0.29) is 5.82 Å². The van der Waals surface area contributed by atoms with Crippen molar-refractivity contribution in [3.8, 4) is 0 Å². The summed E-state index contributed by atoms with van der Waals surface area (Å²) < 4.78 is 35.9. The van der Waals surface area contributed by atoms with Crippen LogP contribution in [-0.4, -0.2) is 32.0 Å². The summed E-state index contributed by atoms with van der Waals surface area (Å²) in [6, 6.07) is 7.62. The SMILES string of the molecule is O=S1(=O)CCC(NC2CC(c3cccc(F)c3)C2)CC1. The van der Waals surface area contributed by atoms with Crippen LogP contribution in [0.3, 0.4) is 0 Å². The van der Waals surface area contributed by atoms with Crippen LogP contribution in [0.25, 0.3) is 0 Å². The molecule has 1 aromatic carbocycles. The molecule has 2 aliphatic rings. The van der Waals surface area contributed by atoms with E-state index in [0.717, 1.165) is 31.2 Å². The Morgan fingerprint density at radius 2 is 1.80 bits per heavy atom. The van der Waals surface area contributed by atoms with E-state index >= 15 is 0 Å². The number of sulfone groups is 1. The predicted octanol–water partition coefficient (Wildman–Crippen LogP) is 2.24. The maximum Gasteiger partial charge on any atom is 0.150 e. The van der Waals surface area contributed by atoms with Gasteiger partial charge in [0.1, 0.15) is 15.7 Å². The number of hydrogen-bond donors (Lipinski definition) is 1. The summed E-state index contributed by atoms with van der Waals surface area (Å²) in [4.78, 5) is 0. The Bertz CT molecular complexity index is 567. The van der Waals surface area contributed by atoms with E-state index in [4.69, 9.17) is 0 Å². The maximum atomic E-state index is 13.2. The predicted molar refractivity (Wildman–Crippen MR) is 77.0 cm³/mol. The Balaban J connectivity index is 1.47. The second-order valence-corrected chi connectivity index (χ2v) is 8.32. The van der Waals surface area contributed by atoms with Gasteiger partial charge in [0.25, 0.3) is 0 Å². The van der Waals surface area contributed by atoms with Gasteiger partial charge >= 0.3 is 0 Å². The molecule has 0 radical (unpaired) electrons. The van der Waals surface area contributed by atoms with Crippen LogP contribution in [-0.2, 0) is 9.84 Å². The summed E-state index contributed by atoms with van der Waals surface area (Å²) in [5.74, 6) is 0.891. The highest BCUT2D eigenvalue weighted by Crippen LogP contribution is 2.37. The first kappa shape index (κ1) is 14.0. The van der Waals surface area contributed by atoms with E-state index in [1.807, 2.05) is 6.07 Å². The molecule has 1 saturated carbocycles. The van der Waals surface area contributed by atoms with Gasteiger partial charge in [-0.3, -0.25) is 0 Å². The third kappa shape index (κ3) is 3.20. The molecule has 1 saturated heterocycles. The Morgan fingerprint density at radius 1 is 1.10 bits per heavy atom. The minimum atomic E-state index is -2.78. The van der Waals surface area contributed by atoms with Crippen LogP contribution >= 0.6 is 0 Å². The average molecular weight is 297 g/mol. The van der Waals surface area contributed by atoms with E-state index in [1.54, 1.807) is 12.1 Å². The molecule has 20 heavy (non-hydrogen) atoms. The molecular formula is C15H20FNO2S. The molecule has 0 unspecified atom stereocenters. The summed E-state index contributed by atoms with van der Waals surface area (Å²) in [6.45, 7) is 0. The molecule has 5 heteroatoms. The van der Waals surface area contributed by atoms with E-state index in [1.165, 1.54) is 6.07 Å². The Hall–Kier alpha value is -0.940. The Kier molecular flexibility index (Phi) is 3.82. The minimum absolute atomic E-state index is 0.170. The van der Waals surface area contributed by atoms with E-state index < -0.39 is 9.84 Å². The number of halogens is 1. The van der Waals surface area contributed by atoms with Crippen molar-refractivity contribution in [2.24, 2.45) is 0 Å². The molecule has 2 fully saturated rings. The van der Waals surface area contributed by atoms with Crippen molar-refractivity contribution in [1.82, 2.24) is 5.32 Å². The highest BCUT2D eigenvalue weighted by molar-refractivity contribution is 7.91. The lowest BCUT2D eigenvalue weighted by atomic mass is 9.75. The Labute approximate surface area is 119 Å². The monoisotopic (exact) mass is 297 g/mol. The summed E-state index contributed by atoms with van der Waals surface area (Å²) in [6.07, 6.45) is 3.49. The van der Waals surface area contributed by atoms with Gasteiger partial charge in [0.15, 0.2) is 0 Å². The van der Waals surface area contributed by atoms with Gasteiger partial charge in [-0.1, -0.05) is 12.1 Å². The standard InChI is InChI=1S/C15H20FNO2S/c16-13-3-1-2-11(8-13)12-9-15(10-12)17-14-4-6-20(18,19)7-5-14/h1-3,8,12,14-15,17H,4-7,9-10H2. The molecule has 1 aliphatic heterocycles. The lowest BCUT2D eigenvalue weighted by Gasteiger charge is -2.39. The second-order valence-electron chi connectivity index (χ2n) is 6.01. The third-order valence-electron chi connectivity index (χ3n) is 4.48. The van der Waals surface area contributed by atoms with Gasteiger partial charge in [0.2, 0.25) is 0 Å². The molecule has 1 N–H and O–H groups in total. The molecule has 0 atom stereocenters. The van der Waals surface area contributed by atoms with Crippen molar-refractivity contribution < 1.29 is 12.8 Å². The zero-order valence-corrected chi connectivity index (χ0v) is 12.2. The summed E-state index contributed by atoms with van der Waals surface area (Å²) >= 11 is 0. The van der Waals surface area contributed by atoms with Gasteiger partial charge in [-0.15, -0.1) is 0 Å². The Morgan fingerprint density at radius 3 is 2.45 bits per heavy atom. The molecule has 1 aliphatic carbocycles. The van der Waals surface area contributed by atoms with Crippen LogP contribution in [0, 0.1) is 5.82 Å². The quantitative estimate of drug-likeness (QED) is 0.930. The molecule has 0 amide bonds. The van der Waals surface area contributed by atoms with Crippen LogP contribution in [0.5, 0.6) is 0 Å². The second kappa shape index (κ2) is 5.45. The smallest absolute Gasteiger partial charge is 0.150 e. The van der Waals surface area contributed by atoms with Crippen molar-refractivity contribution in [3.05, 3.63) is 35.6 Å². The molecule has 1 aromatic rings. The highest BCUT2D eigenvalue weighted by atomic mass is 32.2. The van der Waals surface area contributed by atoms with E-state index in [0.29, 0.717) is 29.5 Å². The zero-order chi connectivity index (χ0) is 14.2. The van der Waals surface area contributed by atoms with Crippen molar-refractivity contribution in [1.29, 1.82) is 0 Å². The first-order valence-corrected chi connectivity index (χ1v) is 9.06. The third-order valence-corrected chi connectivity index (χ3v) is 6.20. The van der Waals surface area contributed by atoms with Crippen molar-refractivity contribution in [2.75, 3.05) is 11.5 Å². The van der Waals surface area contributed by atoms with Gasteiger partial charge in [-0.25, -0.2) is 12.8 Å². The average Bonchev–Trinajstić information content (AvgIpc) is 2.35. The molecular weight excluding hydrogens is 277 g/mol. The van der Waals surface area contributed by atoms with E-state index in [9.17, 15) is 12.8 Å². The first-order valence-electron chi connectivity index (χ1n) is 7.24. The molecule has 110 valence electrons. The van der Waals surface area contributed by atoms with Crippen molar-refractivity contribution in [2.45, 2.75) is 43.7 Å². The van der Waals surface area contributed by atoms with Gasteiger partial charge < -0.3 is 5.32 Å². The zero-order valence-electron chi connectivity index (χ0n) is 11.4. The summed E-state index contributed by atoms with van der Waals surface area (Å²) in [7, 11) is -2.78. The number of benzene rings is 1. The van der Waals surface area contributed by atoms with Gasteiger partial charge in [0.05, 0.1) is 11.5 Å². The largest absolute Gasteiger partial charge is 0.311 e. The minimum Gasteiger partial charge on any atom is -0.311 e. The fraction of sp³-hybridized carbons (Fsp3) is 0.600. The maximum absolute atomic E-state index is 13.2. The molecule has 3 nitrogen and oxygen atoms in total. The number of hydrogen-bond acceptors (Lipinski definition) is 3. The van der Waals surface area contributed by atoms with Crippen LogP contribution in [0.15, 0.2) is 24.3 Å². The van der Waals surface area contributed by atoms with Crippen molar-refractivity contribution in [3.63, 3.8) is 0 Å². The topological polar surface area (TPSA) is 46.2 Å². The van der Waals surface area contributed by atoms with Crippen molar-refractivity contribution >= 4 is 9.84 Å². The molecule has 0 bridgehead atoms. The number of rotatable bonds is 3. The lowest BCUT2D eigenvalue weighted by molar-refractivity contribution is 0.257. The van der Waals surface area contributed by atoms with Crippen LogP contribution in [0.2, 0.25) is 0 Å². The summed E-state index contributed by atoms with van der Waals surface area (Å²) in [5, 5.41) is 3.55. The molecule has 1 heterocycles. The van der Waals surface area contributed by atoms with Gasteiger partial charge in [0, 0.05) is 12.1 Å². The van der Waals surface area contributed by atoms with Crippen LogP contribution in [0.4, 0.5) is 4.39 Å². The fourth-order valence-electron chi connectivity index (χ4n) is 3.18. The fourth-order valence-corrected chi connectivity index (χ4v) is 4.67. The highest BCUT2D eigenvalue weighted by Gasteiger charge is 2.33.